The third kappa shape index (κ3) is 2.35. The first-order valence-electron chi connectivity index (χ1n) is 6.86. The highest BCUT2D eigenvalue weighted by Crippen LogP contribution is 2.34. The summed E-state index contributed by atoms with van der Waals surface area (Å²) >= 11 is 0. The van der Waals surface area contributed by atoms with Crippen molar-refractivity contribution in [2.24, 2.45) is 0 Å². The van der Waals surface area contributed by atoms with E-state index in [1.54, 1.807) is 6.07 Å². The van der Waals surface area contributed by atoms with Gasteiger partial charge in [0.05, 0.1) is 9.80 Å². The summed E-state index contributed by atoms with van der Waals surface area (Å²) in [6, 6.07) is 5.66. The van der Waals surface area contributed by atoms with E-state index in [4.69, 9.17) is 0 Å². The van der Waals surface area contributed by atoms with Crippen LogP contribution in [0.1, 0.15) is 30.4 Å². The number of piperidine rings is 1. The van der Waals surface area contributed by atoms with E-state index in [9.17, 15) is 8.42 Å². The van der Waals surface area contributed by atoms with E-state index in [1.165, 1.54) is 19.3 Å². The average molecular weight is 277 g/mol. The number of fused-ring (bicyclic) bond motifs is 1. The van der Waals surface area contributed by atoms with Gasteiger partial charge in [-0.3, -0.25) is 4.90 Å². The van der Waals surface area contributed by atoms with Crippen molar-refractivity contribution in [1.29, 1.82) is 0 Å². The van der Waals surface area contributed by atoms with Crippen molar-refractivity contribution in [3.63, 3.8) is 0 Å². The highest BCUT2D eigenvalue weighted by Gasteiger charge is 2.30. The van der Waals surface area contributed by atoms with Crippen LogP contribution in [0.5, 0.6) is 0 Å². The minimum Gasteiger partial charge on any atom is -0.298 e. The minimum atomic E-state index is -3.25. The zero-order chi connectivity index (χ0) is 13.5. The van der Waals surface area contributed by atoms with Crippen LogP contribution in [0.4, 0.5) is 0 Å². The molecule has 0 unspecified atom stereocenters. The first-order chi connectivity index (χ1) is 9.07. The van der Waals surface area contributed by atoms with Crippen LogP contribution in [0, 0.1) is 6.92 Å². The second-order valence-corrected chi connectivity index (χ2v) is 7.46. The maximum absolute atomic E-state index is 12.5. The number of nitrogens with zero attached hydrogens (tertiary/aromatic N) is 1. The number of hydrogen-bond donors (Lipinski definition) is 0. The fourth-order valence-corrected chi connectivity index (χ4v) is 4.55. The summed E-state index contributed by atoms with van der Waals surface area (Å²) in [6.45, 7) is 4.53. The lowest BCUT2D eigenvalue weighted by Gasteiger charge is -2.26. The van der Waals surface area contributed by atoms with Crippen LogP contribution >= 0.6 is 0 Å². The quantitative estimate of drug-likeness (QED) is 0.834. The van der Waals surface area contributed by atoms with Crippen molar-refractivity contribution >= 4 is 15.9 Å². The summed E-state index contributed by atoms with van der Waals surface area (Å²) in [5.74, 6) is 0. The molecular weight excluding hydrogens is 258 g/mol. The first-order valence-corrected chi connectivity index (χ1v) is 8.34. The molecule has 1 saturated heterocycles. The zero-order valence-corrected chi connectivity index (χ0v) is 12.0. The molecule has 3 nitrogen and oxygen atoms in total. The lowest BCUT2D eigenvalue weighted by Crippen LogP contribution is -2.32. The molecule has 0 N–H and O–H groups in total. The van der Waals surface area contributed by atoms with Crippen LogP contribution in [0.25, 0.3) is 6.08 Å². The predicted octanol–water partition coefficient (Wildman–Crippen LogP) is 2.61. The summed E-state index contributed by atoms with van der Waals surface area (Å²) in [4.78, 5) is 3.31. The van der Waals surface area contributed by atoms with E-state index in [1.807, 2.05) is 25.1 Å². The Bertz CT molecular complexity index is 626. The average Bonchev–Trinajstić information content (AvgIpc) is 2.63. The summed E-state index contributed by atoms with van der Waals surface area (Å²) < 4.78 is 25.0. The highest BCUT2D eigenvalue weighted by atomic mass is 32.2. The van der Waals surface area contributed by atoms with Crippen molar-refractivity contribution in [2.75, 3.05) is 19.6 Å². The molecule has 2 aliphatic rings. The third-order valence-corrected chi connectivity index (χ3v) is 5.82. The Balaban J connectivity index is 1.88. The van der Waals surface area contributed by atoms with Gasteiger partial charge in [-0.2, -0.15) is 0 Å². The number of benzene rings is 1. The Hall–Kier alpha value is -1.13. The molecule has 0 radical (unpaired) electrons. The number of sulfone groups is 1. The van der Waals surface area contributed by atoms with Crippen molar-refractivity contribution in [3.8, 4) is 0 Å². The molecule has 2 heterocycles. The molecular formula is C15H19NO2S. The Kier molecular flexibility index (Phi) is 3.23. The van der Waals surface area contributed by atoms with Gasteiger partial charge < -0.3 is 0 Å². The smallest absolute Gasteiger partial charge is 0.204 e. The standard InChI is InChI=1S/C15H19NO2S/c1-12-5-6-13-10-14(19(17,18)15(13)9-12)11-16-7-3-2-4-8-16/h5-6,9-10H,2-4,7-8,11H2,1H3. The fourth-order valence-electron chi connectivity index (χ4n) is 2.85. The maximum Gasteiger partial charge on any atom is 0.204 e. The van der Waals surface area contributed by atoms with Crippen molar-refractivity contribution in [2.45, 2.75) is 31.1 Å². The molecule has 1 aromatic rings. The van der Waals surface area contributed by atoms with Gasteiger partial charge in [0.15, 0.2) is 0 Å². The summed E-state index contributed by atoms with van der Waals surface area (Å²) in [6.07, 6.45) is 5.47. The Labute approximate surface area is 114 Å². The van der Waals surface area contributed by atoms with Crippen molar-refractivity contribution in [1.82, 2.24) is 4.90 Å². The lowest BCUT2D eigenvalue weighted by atomic mass is 10.1. The second-order valence-electron chi connectivity index (χ2n) is 5.49. The SMILES string of the molecule is Cc1ccc2c(c1)S(=O)(=O)C(CN1CCCCC1)=C2. The molecule has 0 aliphatic carbocycles. The summed E-state index contributed by atoms with van der Waals surface area (Å²) in [5, 5.41) is 0. The lowest BCUT2D eigenvalue weighted by molar-refractivity contribution is 0.250. The van der Waals surface area contributed by atoms with Gasteiger partial charge in [-0.15, -0.1) is 0 Å². The van der Waals surface area contributed by atoms with Gasteiger partial charge in [-0.1, -0.05) is 18.6 Å². The van der Waals surface area contributed by atoms with Crippen LogP contribution in [-0.4, -0.2) is 33.0 Å². The second kappa shape index (κ2) is 4.76. The Morgan fingerprint density at radius 2 is 1.89 bits per heavy atom. The van der Waals surface area contributed by atoms with Gasteiger partial charge in [-0.05, 0) is 56.1 Å². The highest BCUT2D eigenvalue weighted by molar-refractivity contribution is 7.95. The molecule has 0 bridgehead atoms. The van der Waals surface area contributed by atoms with Gasteiger partial charge in [0.1, 0.15) is 0 Å². The molecule has 3 rings (SSSR count). The molecule has 4 heteroatoms. The topological polar surface area (TPSA) is 37.4 Å². The van der Waals surface area contributed by atoms with Crippen molar-refractivity contribution in [3.05, 3.63) is 34.2 Å². The minimum absolute atomic E-state index is 0.486. The molecule has 0 spiro atoms. The zero-order valence-electron chi connectivity index (χ0n) is 11.2. The van der Waals surface area contributed by atoms with Gasteiger partial charge >= 0.3 is 0 Å². The molecule has 1 aromatic carbocycles. The van der Waals surface area contributed by atoms with Crippen LogP contribution in [0.2, 0.25) is 0 Å². The Morgan fingerprint density at radius 1 is 1.16 bits per heavy atom. The summed E-state index contributed by atoms with van der Waals surface area (Å²) in [5.41, 5.74) is 1.84. The largest absolute Gasteiger partial charge is 0.298 e. The van der Waals surface area contributed by atoms with E-state index in [2.05, 4.69) is 4.90 Å². The van der Waals surface area contributed by atoms with Crippen LogP contribution in [0.3, 0.4) is 0 Å². The number of aryl methyl sites for hydroxylation is 1. The van der Waals surface area contributed by atoms with E-state index < -0.39 is 9.84 Å². The molecule has 19 heavy (non-hydrogen) atoms. The molecule has 0 amide bonds. The van der Waals surface area contributed by atoms with Crippen LogP contribution in [-0.2, 0) is 9.84 Å². The molecule has 0 atom stereocenters. The van der Waals surface area contributed by atoms with E-state index >= 15 is 0 Å². The Morgan fingerprint density at radius 3 is 2.63 bits per heavy atom. The van der Waals surface area contributed by atoms with Gasteiger partial charge in [0.25, 0.3) is 0 Å². The molecule has 0 aromatic heterocycles. The van der Waals surface area contributed by atoms with E-state index in [0.717, 1.165) is 24.2 Å². The van der Waals surface area contributed by atoms with Crippen molar-refractivity contribution < 1.29 is 8.42 Å². The molecule has 0 saturated carbocycles. The first kappa shape index (κ1) is 12.9. The summed E-state index contributed by atoms with van der Waals surface area (Å²) in [7, 11) is -3.25. The number of hydrogen-bond acceptors (Lipinski definition) is 3. The fraction of sp³-hybridized carbons (Fsp3) is 0.467. The number of rotatable bonds is 2. The molecule has 102 valence electrons. The van der Waals surface area contributed by atoms with E-state index in [-0.39, 0.29) is 0 Å². The molecule has 2 aliphatic heterocycles. The van der Waals surface area contributed by atoms with Crippen LogP contribution in [0.15, 0.2) is 28.0 Å². The monoisotopic (exact) mass is 277 g/mol. The van der Waals surface area contributed by atoms with E-state index in [0.29, 0.717) is 16.3 Å². The van der Waals surface area contributed by atoms with Gasteiger partial charge in [0, 0.05) is 6.54 Å². The normalized spacial score (nSPS) is 22.1. The molecule has 1 fully saturated rings. The third-order valence-electron chi connectivity index (χ3n) is 3.95. The predicted molar refractivity (Wildman–Crippen MR) is 76.6 cm³/mol. The number of likely N-dealkylation sites (tertiary alicyclic amines) is 1. The van der Waals surface area contributed by atoms with Gasteiger partial charge in [-0.25, -0.2) is 8.42 Å². The maximum atomic E-state index is 12.5. The van der Waals surface area contributed by atoms with Gasteiger partial charge in [0.2, 0.25) is 9.84 Å². The van der Waals surface area contributed by atoms with Crippen LogP contribution < -0.4 is 0 Å².